The van der Waals surface area contributed by atoms with Gasteiger partial charge < -0.3 is 10.1 Å². The Morgan fingerprint density at radius 2 is 1.59 bits per heavy atom. The van der Waals surface area contributed by atoms with E-state index in [1.165, 1.54) is 22.5 Å². The van der Waals surface area contributed by atoms with E-state index in [4.69, 9.17) is 4.74 Å². The summed E-state index contributed by atoms with van der Waals surface area (Å²) in [6, 6.07) is 31.3. The summed E-state index contributed by atoms with van der Waals surface area (Å²) < 4.78 is 5.99. The van der Waals surface area contributed by atoms with E-state index in [1.54, 1.807) is 18.3 Å². The third-order valence-electron chi connectivity index (χ3n) is 6.05. The van der Waals surface area contributed by atoms with Crippen LogP contribution in [0.3, 0.4) is 0 Å². The number of carbonyl (C=O) groups excluding carboxylic acids is 1. The molecule has 0 spiro atoms. The number of benzene rings is 4. The van der Waals surface area contributed by atoms with E-state index in [0.29, 0.717) is 17.9 Å². The molecule has 0 fully saturated rings. The fourth-order valence-corrected chi connectivity index (χ4v) is 4.55. The highest BCUT2D eigenvalue weighted by Crippen LogP contribution is 2.27. The van der Waals surface area contributed by atoms with Gasteiger partial charge in [-0.05, 0) is 55.8 Å². The van der Waals surface area contributed by atoms with Gasteiger partial charge in [0.1, 0.15) is 12.4 Å². The Morgan fingerprint density at radius 3 is 2.33 bits per heavy atom. The third-order valence-corrected chi connectivity index (χ3v) is 6.81. The van der Waals surface area contributed by atoms with Crippen LogP contribution in [0, 0.1) is 13.8 Å². The Morgan fingerprint density at radius 1 is 0.897 bits per heavy atom. The summed E-state index contributed by atoms with van der Waals surface area (Å²) in [6.07, 6.45) is 1.59. The molecule has 4 aromatic carbocycles. The van der Waals surface area contributed by atoms with Gasteiger partial charge in [0.15, 0.2) is 5.13 Å². The number of nitrogens with zero attached hydrogens (tertiary/aromatic N) is 2. The molecule has 0 saturated carbocycles. The van der Waals surface area contributed by atoms with Crippen molar-refractivity contribution in [3.05, 3.63) is 130 Å². The molecule has 0 atom stereocenters. The summed E-state index contributed by atoms with van der Waals surface area (Å²) in [6.45, 7) is 4.57. The molecule has 0 saturated heterocycles. The molecule has 7 heteroatoms. The molecule has 0 bridgehead atoms. The predicted octanol–water partition coefficient (Wildman–Crippen LogP) is 7.51. The number of aromatic nitrogens is 1. The molecule has 0 radical (unpaired) electrons. The second-order valence-electron chi connectivity index (χ2n) is 9.12. The lowest BCUT2D eigenvalue weighted by atomic mass is 10.1. The smallest absolute Gasteiger partial charge is 0.271 e. The molecule has 5 aromatic rings. The molecular formula is C32H28N4O2S. The molecule has 2 N–H and O–H groups in total. The van der Waals surface area contributed by atoms with Crippen LogP contribution in [-0.4, -0.2) is 17.1 Å². The van der Waals surface area contributed by atoms with Crippen LogP contribution in [0.1, 0.15) is 32.6 Å². The SMILES string of the molecule is Cc1ccc(COc2ccccc2/C=N\NC(=O)c2ccc(-c3csc(Nc4ccc(C)cc4)n3)cc2)cc1. The van der Waals surface area contributed by atoms with Crippen LogP contribution in [0.25, 0.3) is 11.3 Å². The number of hydrazone groups is 1. The summed E-state index contributed by atoms with van der Waals surface area (Å²) in [4.78, 5) is 17.3. The minimum Gasteiger partial charge on any atom is -0.488 e. The molecule has 6 nitrogen and oxygen atoms in total. The average molecular weight is 533 g/mol. The van der Waals surface area contributed by atoms with Crippen LogP contribution >= 0.6 is 11.3 Å². The van der Waals surface area contributed by atoms with Gasteiger partial charge >= 0.3 is 0 Å². The maximum absolute atomic E-state index is 12.7. The molecule has 39 heavy (non-hydrogen) atoms. The van der Waals surface area contributed by atoms with Crippen LogP contribution < -0.4 is 15.5 Å². The first kappa shape index (κ1) is 25.9. The molecule has 1 amide bonds. The molecule has 5 rings (SSSR count). The van der Waals surface area contributed by atoms with Gasteiger partial charge in [-0.1, -0.05) is 71.8 Å². The highest BCUT2D eigenvalue weighted by Gasteiger charge is 2.09. The average Bonchev–Trinajstić information content (AvgIpc) is 3.43. The topological polar surface area (TPSA) is 75.6 Å². The molecule has 1 aromatic heterocycles. The first-order valence-electron chi connectivity index (χ1n) is 12.5. The van der Waals surface area contributed by atoms with Crippen LogP contribution in [0.4, 0.5) is 10.8 Å². The number of para-hydroxylation sites is 1. The van der Waals surface area contributed by atoms with E-state index in [9.17, 15) is 4.79 Å². The van der Waals surface area contributed by atoms with E-state index in [-0.39, 0.29) is 5.91 Å². The van der Waals surface area contributed by atoms with Crippen molar-refractivity contribution in [2.45, 2.75) is 20.5 Å². The van der Waals surface area contributed by atoms with Gasteiger partial charge in [0.25, 0.3) is 5.91 Å². The molecule has 0 unspecified atom stereocenters. The quantitative estimate of drug-likeness (QED) is 0.152. The molecule has 194 valence electrons. The van der Waals surface area contributed by atoms with Crippen molar-refractivity contribution < 1.29 is 9.53 Å². The lowest BCUT2D eigenvalue weighted by Crippen LogP contribution is -2.17. The largest absolute Gasteiger partial charge is 0.488 e. The summed E-state index contributed by atoms with van der Waals surface area (Å²) in [7, 11) is 0. The van der Waals surface area contributed by atoms with E-state index >= 15 is 0 Å². The third kappa shape index (κ3) is 6.97. The zero-order valence-electron chi connectivity index (χ0n) is 21.7. The Balaban J connectivity index is 1.17. The van der Waals surface area contributed by atoms with E-state index in [1.807, 2.05) is 66.0 Å². The highest BCUT2D eigenvalue weighted by atomic mass is 32.1. The zero-order chi connectivity index (χ0) is 27.0. The van der Waals surface area contributed by atoms with Crippen LogP contribution in [0.2, 0.25) is 0 Å². The van der Waals surface area contributed by atoms with E-state index in [0.717, 1.165) is 33.2 Å². The Bertz CT molecular complexity index is 1570. The number of hydrogen-bond donors (Lipinski definition) is 2. The lowest BCUT2D eigenvalue weighted by molar-refractivity contribution is 0.0955. The van der Waals surface area contributed by atoms with Crippen molar-refractivity contribution in [1.82, 2.24) is 10.4 Å². The number of ether oxygens (including phenoxy) is 1. The summed E-state index contributed by atoms with van der Waals surface area (Å²) in [5.41, 5.74) is 10.2. The number of rotatable bonds is 9. The van der Waals surface area contributed by atoms with Gasteiger partial charge in [-0.3, -0.25) is 4.79 Å². The maximum atomic E-state index is 12.7. The Kier molecular flexibility index (Phi) is 8.09. The minimum atomic E-state index is -0.296. The summed E-state index contributed by atoms with van der Waals surface area (Å²) >= 11 is 1.54. The number of carbonyl (C=O) groups is 1. The van der Waals surface area contributed by atoms with Gasteiger partial charge in [-0.2, -0.15) is 5.10 Å². The number of thiazole rings is 1. The van der Waals surface area contributed by atoms with E-state index in [2.05, 4.69) is 58.9 Å². The molecule has 1 heterocycles. The van der Waals surface area contributed by atoms with Gasteiger partial charge in [0.05, 0.1) is 11.9 Å². The zero-order valence-corrected chi connectivity index (χ0v) is 22.5. The minimum absolute atomic E-state index is 0.296. The Labute approximate surface area is 232 Å². The molecule has 0 aliphatic heterocycles. The van der Waals surface area contributed by atoms with Crippen molar-refractivity contribution in [3.63, 3.8) is 0 Å². The van der Waals surface area contributed by atoms with Crippen LogP contribution in [-0.2, 0) is 6.61 Å². The fourth-order valence-electron chi connectivity index (χ4n) is 3.81. The highest BCUT2D eigenvalue weighted by molar-refractivity contribution is 7.14. The van der Waals surface area contributed by atoms with Crippen LogP contribution in [0.5, 0.6) is 5.75 Å². The lowest BCUT2D eigenvalue weighted by Gasteiger charge is -2.09. The second kappa shape index (κ2) is 12.2. The normalized spacial score (nSPS) is 10.9. The van der Waals surface area contributed by atoms with Crippen molar-refractivity contribution in [3.8, 4) is 17.0 Å². The monoisotopic (exact) mass is 532 g/mol. The summed E-state index contributed by atoms with van der Waals surface area (Å²) in [5.74, 6) is 0.399. The van der Waals surface area contributed by atoms with Gasteiger partial charge in [0, 0.05) is 27.8 Å². The predicted molar refractivity (Wildman–Crippen MR) is 159 cm³/mol. The molecule has 0 aliphatic carbocycles. The number of anilines is 2. The van der Waals surface area contributed by atoms with Crippen molar-refractivity contribution in [1.29, 1.82) is 0 Å². The van der Waals surface area contributed by atoms with Crippen molar-refractivity contribution >= 4 is 34.3 Å². The standard InChI is InChI=1S/C32H28N4O2S/c1-22-7-11-24(12-8-22)20-38-30-6-4-3-5-27(30)19-33-36-31(37)26-15-13-25(14-16-26)29-21-39-32(35-29)34-28-17-9-23(2)10-18-28/h3-19,21H,20H2,1-2H3,(H,34,35)(H,36,37)/b33-19-. The first-order chi connectivity index (χ1) is 19.0. The fraction of sp³-hybridized carbons (Fsp3) is 0.0938. The van der Waals surface area contributed by atoms with Gasteiger partial charge in [-0.25, -0.2) is 10.4 Å². The number of nitrogens with one attached hydrogen (secondary N) is 2. The Hall–Kier alpha value is -4.75. The number of amides is 1. The first-order valence-corrected chi connectivity index (χ1v) is 13.4. The second-order valence-corrected chi connectivity index (χ2v) is 9.98. The number of aryl methyl sites for hydroxylation is 2. The summed E-state index contributed by atoms with van der Waals surface area (Å²) in [5, 5.41) is 10.3. The molecule has 0 aliphatic rings. The van der Waals surface area contributed by atoms with Crippen molar-refractivity contribution in [2.75, 3.05) is 5.32 Å². The maximum Gasteiger partial charge on any atom is 0.271 e. The van der Waals surface area contributed by atoms with Crippen LogP contribution in [0.15, 0.2) is 108 Å². The number of hydrogen-bond acceptors (Lipinski definition) is 6. The van der Waals surface area contributed by atoms with Gasteiger partial charge in [-0.15, -0.1) is 11.3 Å². The van der Waals surface area contributed by atoms with E-state index < -0.39 is 0 Å². The van der Waals surface area contributed by atoms with Gasteiger partial charge in [0.2, 0.25) is 0 Å². The molecular weight excluding hydrogens is 504 g/mol. The van der Waals surface area contributed by atoms with Crippen molar-refractivity contribution in [2.24, 2.45) is 5.10 Å².